The van der Waals surface area contributed by atoms with Crippen LogP contribution in [0.3, 0.4) is 0 Å². The van der Waals surface area contributed by atoms with Gasteiger partial charge in [0.25, 0.3) is 0 Å². The van der Waals surface area contributed by atoms with Gasteiger partial charge in [0.15, 0.2) is 15.6 Å². The molecule has 0 unspecified atom stereocenters. The van der Waals surface area contributed by atoms with Crippen LogP contribution in [-0.2, 0) is 14.6 Å². The van der Waals surface area contributed by atoms with Gasteiger partial charge in [-0.05, 0) is 26.0 Å². The van der Waals surface area contributed by atoms with Crippen LogP contribution < -0.4 is 4.90 Å². The number of benzene rings is 1. The van der Waals surface area contributed by atoms with Gasteiger partial charge in [-0.1, -0.05) is 12.1 Å². The van der Waals surface area contributed by atoms with Crippen LogP contribution in [0, 0.1) is 0 Å². The topological polar surface area (TPSA) is 71.5 Å². The molecule has 0 saturated carbocycles. The zero-order valence-corrected chi connectivity index (χ0v) is 12.5. The van der Waals surface area contributed by atoms with E-state index in [0.29, 0.717) is 11.3 Å². The number of fused-ring (bicyclic) bond motifs is 1. The van der Waals surface area contributed by atoms with E-state index in [1.807, 2.05) is 0 Å². The van der Waals surface area contributed by atoms with Gasteiger partial charge in [0.05, 0.1) is 5.69 Å². The first kappa shape index (κ1) is 14.7. The largest absolute Gasteiger partial charge is 0.310 e. The van der Waals surface area contributed by atoms with Crippen LogP contribution in [0.4, 0.5) is 5.69 Å². The van der Waals surface area contributed by atoms with Gasteiger partial charge >= 0.3 is 0 Å². The molecule has 1 aromatic carbocycles. The highest BCUT2D eigenvalue weighted by atomic mass is 32.2. The van der Waals surface area contributed by atoms with Gasteiger partial charge in [-0.25, -0.2) is 8.42 Å². The van der Waals surface area contributed by atoms with Crippen molar-refractivity contribution in [1.29, 1.82) is 0 Å². The number of carbonyl (C=O) groups is 2. The third-order valence-electron chi connectivity index (χ3n) is 3.74. The Bertz CT molecular complexity index is 676. The summed E-state index contributed by atoms with van der Waals surface area (Å²) in [6.45, 7) is 3.00. The highest BCUT2D eigenvalue weighted by Gasteiger charge is 2.43. The van der Waals surface area contributed by atoms with Crippen molar-refractivity contribution in [2.45, 2.75) is 25.0 Å². The molecular weight excluding hydrogens is 278 g/mol. The minimum atomic E-state index is -3.54. The average Bonchev–Trinajstić information content (AvgIpc) is 2.37. The van der Waals surface area contributed by atoms with Crippen LogP contribution in [0.5, 0.6) is 0 Å². The number of ketones is 1. The van der Waals surface area contributed by atoms with Crippen molar-refractivity contribution >= 4 is 27.2 Å². The van der Waals surface area contributed by atoms with Crippen LogP contribution in [-0.4, -0.2) is 37.7 Å². The summed E-state index contributed by atoms with van der Waals surface area (Å²) in [6, 6.07) is 6.78. The smallest absolute Gasteiger partial charge is 0.247 e. The molecule has 0 N–H and O–H groups in total. The zero-order valence-electron chi connectivity index (χ0n) is 11.7. The number of hydrogen-bond acceptors (Lipinski definition) is 4. The summed E-state index contributed by atoms with van der Waals surface area (Å²) in [5, 5.41) is 0. The third-order valence-corrected chi connectivity index (χ3v) is 5.77. The highest BCUT2D eigenvalue weighted by molar-refractivity contribution is 7.92. The maximum Gasteiger partial charge on any atom is 0.247 e. The summed E-state index contributed by atoms with van der Waals surface area (Å²) in [5.74, 6) is -0.526. The van der Waals surface area contributed by atoms with Crippen molar-refractivity contribution in [1.82, 2.24) is 0 Å². The fourth-order valence-corrected chi connectivity index (χ4v) is 2.54. The van der Waals surface area contributed by atoms with Crippen LogP contribution in [0.1, 0.15) is 30.6 Å². The van der Waals surface area contributed by atoms with Crippen molar-refractivity contribution < 1.29 is 18.0 Å². The second kappa shape index (κ2) is 4.70. The van der Waals surface area contributed by atoms with E-state index in [0.717, 1.165) is 6.26 Å². The summed E-state index contributed by atoms with van der Waals surface area (Å²) < 4.78 is 22.1. The molecule has 6 heteroatoms. The molecule has 2 rings (SSSR count). The molecule has 1 heterocycles. The second-order valence-electron chi connectivity index (χ2n) is 5.43. The number of nitrogens with zero attached hydrogens (tertiary/aromatic N) is 1. The molecule has 1 aliphatic heterocycles. The first-order valence-corrected chi connectivity index (χ1v) is 8.19. The Morgan fingerprint density at radius 1 is 1.25 bits per heavy atom. The fourth-order valence-electron chi connectivity index (χ4n) is 2.11. The Hall–Kier alpha value is -1.69. The standard InChI is InChI=1S/C14H17NO4S/c1-14(2,20(3,18)19)13(17)15-9-8-12(16)10-6-4-5-7-11(10)15/h4-7H,8-9H2,1-3H3. The molecule has 0 spiro atoms. The molecule has 1 aromatic rings. The predicted molar refractivity (Wildman–Crippen MR) is 76.7 cm³/mol. The first-order valence-electron chi connectivity index (χ1n) is 6.30. The normalized spacial score (nSPS) is 15.9. The van der Waals surface area contributed by atoms with E-state index >= 15 is 0 Å². The average molecular weight is 295 g/mol. The molecule has 0 aliphatic carbocycles. The lowest BCUT2D eigenvalue weighted by atomic mass is 9.99. The lowest BCUT2D eigenvalue weighted by molar-refractivity contribution is -0.120. The molecule has 5 nitrogen and oxygen atoms in total. The number of hydrogen-bond donors (Lipinski definition) is 0. The maximum atomic E-state index is 12.6. The SMILES string of the molecule is CC(C)(C(=O)N1CCC(=O)c2ccccc21)S(C)(=O)=O. The summed E-state index contributed by atoms with van der Waals surface area (Å²) >= 11 is 0. The molecule has 20 heavy (non-hydrogen) atoms. The molecule has 0 saturated heterocycles. The molecule has 0 aromatic heterocycles. The Morgan fingerprint density at radius 2 is 1.85 bits per heavy atom. The van der Waals surface area contributed by atoms with Crippen molar-refractivity contribution in [3.05, 3.63) is 29.8 Å². The lowest BCUT2D eigenvalue weighted by Gasteiger charge is -2.34. The van der Waals surface area contributed by atoms with E-state index in [4.69, 9.17) is 0 Å². The molecular formula is C14H17NO4S. The van der Waals surface area contributed by atoms with Crippen LogP contribution in [0.15, 0.2) is 24.3 Å². The van der Waals surface area contributed by atoms with Gasteiger partial charge in [-0.3, -0.25) is 9.59 Å². The van der Waals surface area contributed by atoms with E-state index in [2.05, 4.69) is 0 Å². The molecule has 0 fully saturated rings. The first-order chi connectivity index (χ1) is 9.16. The van der Waals surface area contributed by atoms with E-state index in [9.17, 15) is 18.0 Å². The van der Waals surface area contributed by atoms with Gasteiger partial charge in [-0.15, -0.1) is 0 Å². The molecule has 1 amide bonds. The Morgan fingerprint density at radius 3 is 2.45 bits per heavy atom. The van der Waals surface area contributed by atoms with E-state index < -0.39 is 20.5 Å². The van der Waals surface area contributed by atoms with Gasteiger partial charge in [0.1, 0.15) is 4.75 Å². The lowest BCUT2D eigenvalue weighted by Crippen LogP contribution is -2.51. The number of anilines is 1. The number of sulfone groups is 1. The second-order valence-corrected chi connectivity index (χ2v) is 7.99. The summed E-state index contributed by atoms with van der Waals surface area (Å²) in [7, 11) is -3.54. The van der Waals surface area contributed by atoms with Crippen LogP contribution in [0.25, 0.3) is 0 Å². The van der Waals surface area contributed by atoms with Crippen LogP contribution >= 0.6 is 0 Å². The molecule has 108 valence electrons. The summed E-state index contributed by atoms with van der Waals surface area (Å²) in [4.78, 5) is 25.8. The number of rotatable bonds is 2. The monoisotopic (exact) mass is 295 g/mol. The predicted octanol–water partition coefficient (Wildman–Crippen LogP) is 1.43. The molecule has 0 radical (unpaired) electrons. The van der Waals surface area contributed by atoms with Crippen molar-refractivity contribution in [2.75, 3.05) is 17.7 Å². The Labute approximate surface area is 118 Å². The van der Waals surface area contributed by atoms with Gasteiger partial charge < -0.3 is 4.90 Å². The summed E-state index contributed by atoms with van der Waals surface area (Å²) in [6.07, 6.45) is 1.26. The number of para-hydroxylation sites is 1. The van der Waals surface area contributed by atoms with Crippen molar-refractivity contribution in [2.24, 2.45) is 0 Å². The van der Waals surface area contributed by atoms with Gasteiger partial charge in [0, 0.05) is 24.8 Å². The van der Waals surface area contributed by atoms with Crippen LogP contribution in [0.2, 0.25) is 0 Å². The number of carbonyl (C=O) groups excluding carboxylic acids is 2. The molecule has 0 atom stereocenters. The maximum absolute atomic E-state index is 12.6. The van der Waals surface area contributed by atoms with Gasteiger partial charge in [-0.2, -0.15) is 0 Å². The minimum Gasteiger partial charge on any atom is -0.310 e. The Balaban J connectivity index is 2.49. The van der Waals surface area contributed by atoms with Crippen molar-refractivity contribution in [3.63, 3.8) is 0 Å². The minimum absolute atomic E-state index is 0.0261. The molecule has 0 bridgehead atoms. The number of Topliss-reactive ketones (excluding diaryl/α,β-unsaturated/α-hetero) is 1. The van der Waals surface area contributed by atoms with E-state index in [1.165, 1.54) is 18.7 Å². The highest BCUT2D eigenvalue weighted by Crippen LogP contribution is 2.30. The van der Waals surface area contributed by atoms with E-state index in [1.54, 1.807) is 24.3 Å². The summed E-state index contributed by atoms with van der Waals surface area (Å²) in [5.41, 5.74) is 0.960. The zero-order chi connectivity index (χ0) is 15.1. The third kappa shape index (κ3) is 2.24. The fraction of sp³-hybridized carbons (Fsp3) is 0.429. The van der Waals surface area contributed by atoms with Gasteiger partial charge in [0.2, 0.25) is 5.91 Å². The van der Waals surface area contributed by atoms with E-state index in [-0.39, 0.29) is 18.7 Å². The van der Waals surface area contributed by atoms with Crippen molar-refractivity contribution in [3.8, 4) is 0 Å². The molecule has 1 aliphatic rings. The Kier molecular flexibility index (Phi) is 3.46. The number of amides is 1. The quantitative estimate of drug-likeness (QED) is 0.827.